The van der Waals surface area contributed by atoms with Crippen LogP contribution in [0.15, 0.2) is 29.3 Å². The number of hydrogen-bond donors (Lipinski definition) is 2. The van der Waals surface area contributed by atoms with E-state index in [0.29, 0.717) is 12.5 Å². The molecule has 5 nitrogen and oxygen atoms in total. The van der Waals surface area contributed by atoms with Crippen LogP contribution in [0.4, 0.5) is 0 Å². The van der Waals surface area contributed by atoms with Crippen LogP contribution < -0.4 is 15.4 Å². The maximum atomic E-state index is 5.70. The molecule has 6 heteroatoms. The van der Waals surface area contributed by atoms with Crippen molar-refractivity contribution in [1.29, 1.82) is 0 Å². The van der Waals surface area contributed by atoms with Crippen molar-refractivity contribution in [3.05, 3.63) is 29.8 Å². The lowest BCUT2D eigenvalue weighted by Gasteiger charge is -2.11. The quantitative estimate of drug-likeness (QED) is 0.227. The summed E-state index contributed by atoms with van der Waals surface area (Å²) in [6.07, 6.45) is 0.972. The first kappa shape index (κ1) is 24.0. The third kappa shape index (κ3) is 12.0. The Morgan fingerprint density at radius 2 is 1.84 bits per heavy atom. The van der Waals surface area contributed by atoms with Crippen LogP contribution in [0.25, 0.3) is 0 Å². The number of ether oxygens (including phenoxy) is 2. The molecule has 1 rings (SSSR count). The Bertz CT molecular complexity index is 464. The molecule has 0 aliphatic rings. The fourth-order valence-corrected chi connectivity index (χ4v) is 1.99. The second-order valence-electron chi connectivity index (χ2n) is 6.02. The molecular formula is C19H34IN3O2. The summed E-state index contributed by atoms with van der Waals surface area (Å²) < 4.78 is 11.0. The van der Waals surface area contributed by atoms with E-state index in [0.717, 1.165) is 51.0 Å². The van der Waals surface area contributed by atoms with E-state index < -0.39 is 0 Å². The summed E-state index contributed by atoms with van der Waals surface area (Å²) in [7, 11) is 0. The third-order valence-electron chi connectivity index (χ3n) is 3.23. The van der Waals surface area contributed by atoms with Crippen LogP contribution in [-0.2, 0) is 11.3 Å². The van der Waals surface area contributed by atoms with Gasteiger partial charge in [0, 0.05) is 26.3 Å². The molecule has 0 aromatic heterocycles. The van der Waals surface area contributed by atoms with Crippen molar-refractivity contribution in [2.24, 2.45) is 10.9 Å². The monoisotopic (exact) mass is 463 g/mol. The Morgan fingerprint density at radius 3 is 2.44 bits per heavy atom. The number of hydrogen-bond acceptors (Lipinski definition) is 3. The van der Waals surface area contributed by atoms with Gasteiger partial charge in [0.1, 0.15) is 5.75 Å². The molecule has 0 saturated heterocycles. The average Bonchev–Trinajstić information content (AvgIpc) is 2.58. The minimum Gasteiger partial charge on any atom is -0.493 e. The molecule has 0 unspecified atom stereocenters. The molecule has 144 valence electrons. The number of nitrogens with zero attached hydrogens (tertiary/aromatic N) is 1. The zero-order valence-corrected chi connectivity index (χ0v) is 18.3. The number of halogens is 1. The molecule has 0 spiro atoms. The summed E-state index contributed by atoms with van der Waals surface area (Å²) in [6.45, 7) is 13.0. The van der Waals surface area contributed by atoms with Crippen molar-refractivity contribution in [3.8, 4) is 5.75 Å². The first-order chi connectivity index (χ1) is 11.7. The van der Waals surface area contributed by atoms with E-state index in [1.165, 1.54) is 5.56 Å². The molecule has 0 bridgehead atoms. The van der Waals surface area contributed by atoms with Gasteiger partial charge in [0.15, 0.2) is 5.96 Å². The van der Waals surface area contributed by atoms with Gasteiger partial charge < -0.3 is 20.1 Å². The highest BCUT2D eigenvalue weighted by atomic mass is 127. The van der Waals surface area contributed by atoms with E-state index in [4.69, 9.17) is 9.47 Å². The van der Waals surface area contributed by atoms with Gasteiger partial charge in [-0.25, -0.2) is 4.99 Å². The highest BCUT2D eigenvalue weighted by Gasteiger charge is 2.00. The van der Waals surface area contributed by atoms with Gasteiger partial charge in [0.2, 0.25) is 0 Å². The van der Waals surface area contributed by atoms with Crippen LogP contribution >= 0.6 is 24.0 Å². The van der Waals surface area contributed by atoms with Crippen LogP contribution in [0.2, 0.25) is 0 Å². The zero-order chi connectivity index (χ0) is 17.6. The van der Waals surface area contributed by atoms with Crippen molar-refractivity contribution < 1.29 is 9.47 Å². The van der Waals surface area contributed by atoms with Gasteiger partial charge in [-0.1, -0.05) is 26.0 Å². The highest BCUT2D eigenvalue weighted by molar-refractivity contribution is 14.0. The van der Waals surface area contributed by atoms with Gasteiger partial charge in [-0.2, -0.15) is 0 Å². The Morgan fingerprint density at radius 1 is 1.12 bits per heavy atom. The molecule has 0 radical (unpaired) electrons. The molecule has 0 atom stereocenters. The van der Waals surface area contributed by atoms with E-state index in [2.05, 4.69) is 48.5 Å². The fraction of sp³-hybridized carbons (Fsp3) is 0.632. The molecule has 0 fully saturated rings. The summed E-state index contributed by atoms with van der Waals surface area (Å²) in [4.78, 5) is 4.62. The number of nitrogens with one attached hydrogen (secondary N) is 2. The minimum atomic E-state index is 0. The predicted molar refractivity (Wildman–Crippen MR) is 116 cm³/mol. The molecule has 2 N–H and O–H groups in total. The second-order valence-corrected chi connectivity index (χ2v) is 6.02. The molecule has 1 aromatic rings. The smallest absolute Gasteiger partial charge is 0.191 e. The molecule has 0 aliphatic heterocycles. The number of benzene rings is 1. The zero-order valence-electron chi connectivity index (χ0n) is 16.0. The van der Waals surface area contributed by atoms with Gasteiger partial charge in [-0.15, -0.1) is 24.0 Å². The van der Waals surface area contributed by atoms with Crippen LogP contribution in [0.1, 0.15) is 39.7 Å². The Labute approximate surface area is 170 Å². The molecule has 0 heterocycles. The van der Waals surface area contributed by atoms with Crippen molar-refractivity contribution in [3.63, 3.8) is 0 Å². The minimum absolute atomic E-state index is 0. The van der Waals surface area contributed by atoms with Crippen molar-refractivity contribution in [2.45, 2.75) is 40.7 Å². The number of aliphatic imine (C=N–C) groups is 1. The van der Waals surface area contributed by atoms with Gasteiger partial charge in [0.05, 0.1) is 13.2 Å². The van der Waals surface area contributed by atoms with Crippen molar-refractivity contribution in [2.75, 3.05) is 32.9 Å². The second kappa shape index (κ2) is 15.3. The molecule has 0 amide bonds. The summed E-state index contributed by atoms with van der Waals surface area (Å²) in [5.74, 6) is 2.29. The summed E-state index contributed by atoms with van der Waals surface area (Å²) in [5.41, 5.74) is 1.17. The van der Waals surface area contributed by atoms with Gasteiger partial charge >= 0.3 is 0 Å². The lowest BCUT2D eigenvalue weighted by atomic mass is 10.2. The average molecular weight is 463 g/mol. The van der Waals surface area contributed by atoms with Gasteiger partial charge in [-0.3, -0.25) is 0 Å². The number of rotatable bonds is 11. The van der Waals surface area contributed by atoms with Crippen LogP contribution in [0.3, 0.4) is 0 Å². The highest BCUT2D eigenvalue weighted by Crippen LogP contribution is 2.13. The molecular weight excluding hydrogens is 429 g/mol. The van der Waals surface area contributed by atoms with E-state index in [1.807, 2.05) is 19.1 Å². The third-order valence-corrected chi connectivity index (χ3v) is 3.23. The first-order valence-corrected chi connectivity index (χ1v) is 8.97. The topological polar surface area (TPSA) is 54.9 Å². The molecule has 1 aromatic carbocycles. The maximum Gasteiger partial charge on any atom is 0.191 e. The summed E-state index contributed by atoms with van der Waals surface area (Å²) >= 11 is 0. The SMILES string of the molecule is CCNC(=NCc1ccc(OCC(C)C)cc1)NCCCOCC.I. The van der Waals surface area contributed by atoms with Gasteiger partial charge in [0.25, 0.3) is 0 Å². The summed E-state index contributed by atoms with van der Waals surface area (Å²) in [5, 5.41) is 6.59. The lowest BCUT2D eigenvalue weighted by molar-refractivity contribution is 0.145. The Balaban J connectivity index is 0.00000576. The Hall–Kier alpha value is -1.02. The van der Waals surface area contributed by atoms with E-state index in [-0.39, 0.29) is 24.0 Å². The van der Waals surface area contributed by atoms with Crippen molar-refractivity contribution >= 4 is 29.9 Å². The standard InChI is InChI=1S/C19H33N3O2.HI/c1-5-20-19(21-12-7-13-23-6-2)22-14-17-8-10-18(11-9-17)24-15-16(3)4;/h8-11,16H,5-7,12-15H2,1-4H3,(H2,20,21,22);1H. The molecule has 25 heavy (non-hydrogen) atoms. The lowest BCUT2D eigenvalue weighted by Crippen LogP contribution is -2.38. The van der Waals surface area contributed by atoms with E-state index >= 15 is 0 Å². The maximum absolute atomic E-state index is 5.70. The molecule has 0 aliphatic carbocycles. The van der Waals surface area contributed by atoms with Crippen LogP contribution in [0.5, 0.6) is 5.75 Å². The largest absolute Gasteiger partial charge is 0.493 e. The van der Waals surface area contributed by atoms with E-state index in [9.17, 15) is 0 Å². The Kier molecular flexibility index (Phi) is 14.6. The molecule has 0 saturated carbocycles. The van der Waals surface area contributed by atoms with Crippen molar-refractivity contribution in [1.82, 2.24) is 10.6 Å². The van der Waals surface area contributed by atoms with E-state index in [1.54, 1.807) is 0 Å². The predicted octanol–water partition coefficient (Wildman–Crippen LogP) is 3.82. The van der Waals surface area contributed by atoms with Crippen LogP contribution in [-0.4, -0.2) is 38.9 Å². The fourth-order valence-electron chi connectivity index (χ4n) is 1.99. The van der Waals surface area contributed by atoms with Crippen LogP contribution in [0, 0.1) is 5.92 Å². The number of guanidine groups is 1. The van der Waals surface area contributed by atoms with Gasteiger partial charge in [-0.05, 0) is 43.9 Å². The first-order valence-electron chi connectivity index (χ1n) is 8.97. The summed E-state index contributed by atoms with van der Waals surface area (Å²) in [6, 6.07) is 8.15. The normalized spacial score (nSPS) is 11.2.